The molecule has 0 saturated heterocycles. The number of nitrogens with zero attached hydrogens (tertiary/aromatic N) is 3. The van der Waals surface area contributed by atoms with Crippen LogP contribution in [0.1, 0.15) is 5.56 Å². The molecule has 0 atom stereocenters. The van der Waals surface area contributed by atoms with Crippen molar-refractivity contribution in [2.45, 2.75) is 6.92 Å². The number of nitrogens with one attached hydrogen (secondary N) is 1. The van der Waals surface area contributed by atoms with Crippen LogP contribution in [0.5, 0.6) is 0 Å². The highest BCUT2D eigenvalue weighted by Crippen LogP contribution is 2.13. The van der Waals surface area contributed by atoms with Gasteiger partial charge in [0.2, 0.25) is 0 Å². The molecule has 72 valence electrons. The van der Waals surface area contributed by atoms with E-state index in [0.29, 0.717) is 0 Å². The summed E-state index contributed by atoms with van der Waals surface area (Å²) in [5.41, 5.74) is 1.18. The molecule has 4 heteroatoms. The van der Waals surface area contributed by atoms with Gasteiger partial charge in [0.05, 0.1) is 6.20 Å². The van der Waals surface area contributed by atoms with Crippen molar-refractivity contribution in [1.82, 2.24) is 14.8 Å². The minimum absolute atomic E-state index is 0.841. The predicted molar refractivity (Wildman–Crippen MR) is 55.5 cm³/mol. The van der Waals surface area contributed by atoms with Crippen molar-refractivity contribution < 1.29 is 0 Å². The van der Waals surface area contributed by atoms with Crippen molar-refractivity contribution >= 4 is 11.6 Å². The van der Waals surface area contributed by atoms with Gasteiger partial charge in [-0.05, 0) is 24.6 Å². The van der Waals surface area contributed by atoms with Gasteiger partial charge in [-0.15, -0.1) is 0 Å². The summed E-state index contributed by atoms with van der Waals surface area (Å²) in [5, 5.41) is 7.24. The van der Waals surface area contributed by atoms with Gasteiger partial charge in [-0.25, -0.2) is 4.98 Å². The lowest BCUT2D eigenvalue weighted by Gasteiger charge is -2.05. The summed E-state index contributed by atoms with van der Waals surface area (Å²) in [7, 11) is 1.89. The molecule has 0 unspecified atom stereocenters. The minimum Gasteiger partial charge on any atom is -0.325 e. The summed E-state index contributed by atoms with van der Waals surface area (Å²) >= 11 is 0. The molecule has 2 heterocycles. The maximum atomic E-state index is 4.20. The summed E-state index contributed by atoms with van der Waals surface area (Å²) in [6, 6.07) is 5.87. The number of aryl methyl sites for hydroxylation is 2. The van der Waals surface area contributed by atoms with Crippen molar-refractivity contribution in [3.63, 3.8) is 0 Å². The van der Waals surface area contributed by atoms with E-state index in [-0.39, 0.29) is 0 Å². The lowest BCUT2D eigenvalue weighted by Crippen LogP contribution is -2.00. The third-order valence-electron chi connectivity index (χ3n) is 1.99. The standard InChI is InChI=1S/C10H12N4/c1-8-3-5-11-9(7-8)13-10-4-6-12-14(10)2/h3-7H,1-2H3,(H,11,13). The topological polar surface area (TPSA) is 42.7 Å². The van der Waals surface area contributed by atoms with Gasteiger partial charge >= 0.3 is 0 Å². The van der Waals surface area contributed by atoms with Crippen LogP contribution < -0.4 is 5.32 Å². The van der Waals surface area contributed by atoms with Gasteiger partial charge in [0.1, 0.15) is 11.6 Å². The summed E-state index contributed by atoms with van der Waals surface area (Å²) in [5.74, 6) is 1.77. The molecule has 0 aromatic carbocycles. The lowest BCUT2D eigenvalue weighted by atomic mass is 10.3. The number of pyridine rings is 1. The summed E-state index contributed by atoms with van der Waals surface area (Å²) < 4.78 is 1.77. The van der Waals surface area contributed by atoms with Crippen LogP contribution in [0.15, 0.2) is 30.6 Å². The molecule has 0 aliphatic rings. The molecule has 0 aliphatic heterocycles. The molecule has 0 bridgehead atoms. The van der Waals surface area contributed by atoms with Crippen LogP contribution in [0, 0.1) is 6.92 Å². The van der Waals surface area contributed by atoms with Gasteiger partial charge in [0.25, 0.3) is 0 Å². The molecule has 2 rings (SSSR count). The molecular weight excluding hydrogens is 176 g/mol. The third-order valence-corrected chi connectivity index (χ3v) is 1.99. The highest BCUT2D eigenvalue weighted by atomic mass is 15.3. The van der Waals surface area contributed by atoms with Crippen molar-refractivity contribution in [1.29, 1.82) is 0 Å². The Bertz CT molecular complexity index is 433. The first-order chi connectivity index (χ1) is 6.75. The van der Waals surface area contributed by atoms with E-state index in [4.69, 9.17) is 0 Å². The van der Waals surface area contributed by atoms with Crippen LogP contribution in [0.3, 0.4) is 0 Å². The summed E-state index contributed by atoms with van der Waals surface area (Å²) in [6.45, 7) is 2.04. The lowest BCUT2D eigenvalue weighted by molar-refractivity contribution is 0.776. The van der Waals surface area contributed by atoms with Crippen molar-refractivity contribution in [2.24, 2.45) is 7.05 Å². The van der Waals surface area contributed by atoms with E-state index >= 15 is 0 Å². The second kappa shape index (κ2) is 3.49. The van der Waals surface area contributed by atoms with Crippen LogP contribution in [0.2, 0.25) is 0 Å². The average Bonchev–Trinajstić information content (AvgIpc) is 2.52. The second-order valence-corrected chi connectivity index (χ2v) is 3.18. The molecule has 0 amide bonds. The van der Waals surface area contributed by atoms with Crippen LogP contribution in [0.4, 0.5) is 11.6 Å². The van der Waals surface area contributed by atoms with Gasteiger partial charge in [0, 0.05) is 19.3 Å². The largest absolute Gasteiger partial charge is 0.325 e. The zero-order chi connectivity index (χ0) is 9.97. The summed E-state index contributed by atoms with van der Waals surface area (Å²) in [6.07, 6.45) is 3.53. The Hall–Kier alpha value is -1.84. The number of anilines is 2. The Morgan fingerprint density at radius 3 is 2.79 bits per heavy atom. The van der Waals surface area contributed by atoms with Crippen molar-refractivity contribution in [3.05, 3.63) is 36.2 Å². The minimum atomic E-state index is 0.841. The molecular formula is C10H12N4. The highest BCUT2D eigenvalue weighted by Gasteiger charge is 1.99. The molecule has 14 heavy (non-hydrogen) atoms. The predicted octanol–water partition coefficient (Wildman–Crippen LogP) is 1.87. The molecule has 0 radical (unpaired) electrons. The first kappa shape index (κ1) is 8.74. The Morgan fingerprint density at radius 2 is 2.14 bits per heavy atom. The van der Waals surface area contributed by atoms with Gasteiger partial charge in [-0.2, -0.15) is 5.10 Å². The van der Waals surface area contributed by atoms with E-state index in [1.807, 2.05) is 32.2 Å². The molecule has 4 nitrogen and oxygen atoms in total. The first-order valence-electron chi connectivity index (χ1n) is 4.43. The normalized spacial score (nSPS) is 10.1. The van der Waals surface area contributed by atoms with Gasteiger partial charge < -0.3 is 5.32 Å². The van der Waals surface area contributed by atoms with Crippen LogP contribution in [-0.2, 0) is 7.05 Å². The highest BCUT2D eigenvalue weighted by molar-refractivity contribution is 5.51. The fourth-order valence-electron chi connectivity index (χ4n) is 1.23. The number of aromatic nitrogens is 3. The molecule has 0 aliphatic carbocycles. The van der Waals surface area contributed by atoms with E-state index in [1.165, 1.54) is 5.56 Å². The molecule has 0 saturated carbocycles. The van der Waals surface area contributed by atoms with E-state index in [9.17, 15) is 0 Å². The maximum Gasteiger partial charge on any atom is 0.131 e. The van der Waals surface area contributed by atoms with Gasteiger partial charge in [-0.3, -0.25) is 4.68 Å². The van der Waals surface area contributed by atoms with Crippen LogP contribution in [0.25, 0.3) is 0 Å². The van der Waals surface area contributed by atoms with Crippen molar-refractivity contribution in [2.75, 3.05) is 5.32 Å². The number of hydrogen-bond acceptors (Lipinski definition) is 3. The second-order valence-electron chi connectivity index (χ2n) is 3.18. The average molecular weight is 188 g/mol. The fourth-order valence-corrected chi connectivity index (χ4v) is 1.23. The van der Waals surface area contributed by atoms with E-state index in [1.54, 1.807) is 17.1 Å². The van der Waals surface area contributed by atoms with Crippen LogP contribution >= 0.6 is 0 Å². The zero-order valence-electron chi connectivity index (χ0n) is 8.23. The first-order valence-corrected chi connectivity index (χ1v) is 4.43. The Morgan fingerprint density at radius 1 is 1.29 bits per heavy atom. The Labute approximate surface area is 82.6 Å². The molecule has 1 N–H and O–H groups in total. The number of rotatable bonds is 2. The van der Waals surface area contributed by atoms with Gasteiger partial charge in [-0.1, -0.05) is 0 Å². The van der Waals surface area contributed by atoms with E-state index in [2.05, 4.69) is 15.4 Å². The molecule has 0 fully saturated rings. The molecule has 2 aromatic heterocycles. The smallest absolute Gasteiger partial charge is 0.131 e. The quantitative estimate of drug-likeness (QED) is 0.782. The Balaban J connectivity index is 2.23. The van der Waals surface area contributed by atoms with E-state index < -0.39 is 0 Å². The number of hydrogen-bond donors (Lipinski definition) is 1. The maximum absolute atomic E-state index is 4.20. The summed E-state index contributed by atoms with van der Waals surface area (Å²) in [4.78, 5) is 4.20. The molecule has 2 aromatic rings. The monoisotopic (exact) mass is 188 g/mol. The van der Waals surface area contributed by atoms with Crippen molar-refractivity contribution in [3.8, 4) is 0 Å². The third kappa shape index (κ3) is 1.74. The zero-order valence-corrected chi connectivity index (χ0v) is 8.23. The molecule has 0 spiro atoms. The van der Waals surface area contributed by atoms with Crippen LogP contribution in [-0.4, -0.2) is 14.8 Å². The Kier molecular flexibility index (Phi) is 2.18. The SMILES string of the molecule is Cc1ccnc(Nc2ccnn2C)c1. The fraction of sp³-hybridized carbons (Fsp3) is 0.200. The van der Waals surface area contributed by atoms with E-state index in [0.717, 1.165) is 11.6 Å². The van der Waals surface area contributed by atoms with Gasteiger partial charge in [0.15, 0.2) is 0 Å².